The Balaban J connectivity index is 1.86. The Bertz CT molecular complexity index is 671. The molecule has 4 heteroatoms. The van der Waals surface area contributed by atoms with Gasteiger partial charge in [0.2, 0.25) is 0 Å². The van der Waals surface area contributed by atoms with Gasteiger partial charge in [0.15, 0.2) is 11.7 Å². The van der Waals surface area contributed by atoms with Crippen LogP contribution in [0.4, 0.5) is 0 Å². The number of aromatic nitrogens is 1. The number of thiophene rings is 1. The first-order valence-corrected chi connectivity index (χ1v) is 7.38. The van der Waals surface area contributed by atoms with Crippen molar-refractivity contribution in [2.45, 2.75) is 13.3 Å². The van der Waals surface area contributed by atoms with E-state index < -0.39 is 0 Å². The van der Waals surface area contributed by atoms with Crippen molar-refractivity contribution in [3.63, 3.8) is 0 Å². The molecule has 0 aliphatic carbocycles. The predicted molar refractivity (Wildman–Crippen MR) is 79.6 cm³/mol. The van der Waals surface area contributed by atoms with E-state index in [9.17, 15) is 0 Å². The maximum absolute atomic E-state index is 5.84. The van der Waals surface area contributed by atoms with Crippen molar-refractivity contribution < 1.29 is 4.42 Å². The monoisotopic (exact) mass is 272 g/mol. The highest BCUT2D eigenvalue weighted by Crippen LogP contribution is 2.33. The molecule has 0 amide bonds. The molecule has 3 aromatic rings. The highest BCUT2D eigenvalue weighted by molar-refractivity contribution is 7.17. The minimum absolute atomic E-state index is 0.797. The summed E-state index contributed by atoms with van der Waals surface area (Å²) in [4.78, 5) is 4.35. The zero-order valence-corrected chi connectivity index (χ0v) is 11.7. The van der Waals surface area contributed by atoms with Gasteiger partial charge in [0.05, 0.1) is 6.20 Å². The topological polar surface area (TPSA) is 38.1 Å². The molecule has 0 spiro atoms. The highest BCUT2D eigenvalue weighted by atomic mass is 32.1. The Morgan fingerprint density at radius 3 is 3.11 bits per heavy atom. The molecule has 0 fully saturated rings. The SMILES string of the molecule is CCNCCc1ncc(-c2csc3ccccc23)o1. The molecule has 2 aromatic heterocycles. The number of nitrogens with zero attached hydrogens (tertiary/aromatic N) is 1. The zero-order valence-electron chi connectivity index (χ0n) is 10.8. The lowest BCUT2D eigenvalue weighted by atomic mass is 10.1. The Labute approximate surface area is 116 Å². The maximum atomic E-state index is 5.84. The molecule has 0 saturated carbocycles. The first kappa shape index (κ1) is 12.4. The van der Waals surface area contributed by atoms with Crippen LogP contribution in [0.25, 0.3) is 21.4 Å². The third kappa shape index (κ3) is 2.55. The molecule has 0 unspecified atom stereocenters. The Kier molecular flexibility index (Phi) is 3.62. The van der Waals surface area contributed by atoms with E-state index in [1.165, 1.54) is 10.1 Å². The quantitative estimate of drug-likeness (QED) is 0.720. The molecular weight excluding hydrogens is 256 g/mol. The van der Waals surface area contributed by atoms with Crippen molar-refractivity contribution in [3.8, 4) is 11.3 Å². The molecule has 1 N–H and O–H groups in total. The summed E-state index contributed by atoms with van der Waals surface area (Å²) in [5, 5.41) is 6.65. The first-order chi connectivity index (χ1) is 9.38. The van der Waals surface area contributed by atoms with Gasteiger partial charge in [-0.05, 0) is 12.6 Å². The molecule has 0 atom stereocenters. The molecule has 3 rings (SSSR count). The van der Waals surface area contributed by atoms with E-state index in [1.54, 1.807) is 11.3 Å². The number of hydrogen-bond donors (Lipinski definition) is 1. The van der Waals surface area contributed by atoms with Gasteiger partial charge in [0.1, 0.15) is 0 Å². The van der Waals surface area contributed by atoms with Crippen LogP contribution in [0.15, 0.2) is 40.3 Å². The van der Waals surface area contributed by atoms with Crippen LogP contribution in [0.5, 0.6) is 0 Å². The van der Waals surface area contributed by atoms with Gasteiger partial charge in [0.25, 0.3) is 0 Å². The molecule has 0 aliphatic rings. The second-order valence-corrected chi connectivity index (χ2v) is 5.28. The largest absolute Gasteiger partial charge is 0.441 e. The lowest BCUT2D eigenvalue weighted by Gasteiger charge is -1.97. The summed E-state index contributed by atoms with van der Waals surface area (Å²) in [5.41, 5.74) is 1.14. The molecular formula is C15H16N2OS. The second-order valence-electron chi connectivity index (χ2n) is 4.37. The number of hydrogen-bond acceptors (Lipinski definition) is 4. The average molecular weight is 272 g/mol. The maximum Gasteiger partial charge on any atom is 0.196 e. The van der Waals surface area contributed by atoms with Gasteiger partial charge in [-0.25, -0.2) is 4.98 Å². The fraction of sp³-hybridized carbons (Fsp3) is 0.267. The van der Waals surface area contributed by atoms with E-state index >= 15 is 0 Å². The summed E-state index contributed by atoms with van der Waals surface area (Å²) in [5.74, 6) is 1.66. The van der Waals surface area contributed by atoms with Crippen molar-refractivity contribution in [2.75, 3.05) is 13.1 Å². The summed E-state index contributed by atoms with van der Waals surface area (Å²) in [6.07, 6.45) is 2.66. The van der Waals surface area contributed by atoms with Crippen molar-refractivity contribution in [1.82, 2.24) is 10.3 Å². The normalized spacial score (nSPS) is 11.2. The molecule has 98 valence electrons. The molecule has 1 aromatic carbocycles. The highest BCUT2D eigenvalue weighted by Gasteiger charge is 2.11. The van der Waals surface area contributed by atoms with Gasteiger partial charge in [-0.15, -0.1) is 11.3 Å². The summed E-state index contributed by atoms with van der Waals surface area (Å²) in [7, 11) is 0. The lowest BCUT2D eigenvalue weighted by molar-refractivity contribution is 0.497. The van der Waals surface area contributed by atoms with Gasteiger partial charge in [0, 0.05) is 34.0 Å². The lowest BCUT2D eigenvalue weighted by Crippen LogP contribution is -2.16. The van der Waals surface area contributed by atoms with Gasteiger partial charge in [-0.2, -0.15) is 0 Å². The van der Waals surface area contributed by atoms with Crippen molar-refractivity contribution >= 4 is 21.4 Å². The molecule has 0 bridgehead atoms. The molecule has 0 saturated heterocycles. The Morgan fingerprint density at radius 1 is 1.32 bits per heavy atom. The Morgan fingerprint density at radius 2 is 2.21 bits per heavy atom. The van der Waals surface area contributed by atoms with Crippen LogP contribution in [0.1, 0.15) is 12.8 Å². The fourth-order valence-electron chi connectivity index (χ4n) is 2.09. The Hall–Kier alpha value is -1.65. The molecule has 19 heavy (non-hydrogen) atoms. The third-order valence-electron chi connectivity index (χ3n) is 3.07. The van der Waals surface area contributed by atoms with Gasteiger partial charge in [-0.1, -0.05) is 25.1 Å². The van der Waals surface area contributed by atoms with Crippen LogP contribution >= 0.6 is 11.3 Å². The average Bonchev–Trinajstić information content (AvgIpc) is 3.05. The summed E-state index contributed by atoms with van der Waals surface area (Å²) in [6.45, 7) is 3.97. The van der Waals surface area contributed by atoms with Gasteiger partial charge >= 0.3 is 0 Å². The molecule has 0 aliphatic heterocycles. The molecule has 3 nitrogen and oxygen atoms in total. The van der Waals surface area contributed by atoms with E-state index in [4.69, 9.17) is 4.42 Å². The number of fused-ring (bicyclic) bond motifs is 1. The summed E-state index contributed by atoms with van der Waals surface area (Å²) >= 11 is 1.74. The van der Waals surface area contributed by atoms with Crippen LogP contribution in [-0.2, 0) is 6.42 Å². The smallest absolute Gasteiger partial charge is 0.196 e. The summed E-state index contributed by atoms with van der Waals surface area (Å²) in [6, 6.07) is 8.37. The van der Waals surface area contributed by atoms with Crippen LogP contribution in [0, 0.1) is 0 Å². The van der Waals surface area contributed by atoms with Crippen LogP contribution in [0.3, 0.4) is 0 Å². The first-order valence-electron chi connectivity index (χ1n) is 6.50. The van der Waals surface area contributed by atoms with Crippen molar-refractivity contribution in [2.24, 2.45) is 0 Å². The third-order valence-corrected chi connectivity index (χ3v) is 4.03. The predicted octanol–water partition coefficient (Wildman–Crippen LogP) is 3.71. The minimum atomic E-state index is 0.797. The van der Waals surface area contributed by atoms with Crippen LogP contribution < -0.4 is 5.32 Å². The fourth-order valence-corrected chi connectivity index (χ4v) is 3.04. The van der Waals surface area contributed by atoms with Crippen LogP contribution in [-0.4, -0.2) is 18.1 Å². The van der Waals surface area contributed by atoms with Gasteiger partial charge in [-0.3, -0.25) is 0 Å². The number of likely N-dealkylation sites (N-methyl/N-ethyl adjacent to an activating group) is 1. The second kappa shape index (κ2) is 5.55. The van der Waals surface area contributed by atoms with Gasteiger partial charge < -0.3 is 9.73 Å². The number of oxazole rings is 1. The van der Waals surface area contributed by atoms with E-state index in [0.29, 0.717) is 0 Å². The summed E-state index contributed by atoms with van der Waals surface area (Å²) < 4.78 is 7.12. The number of benzene rings is 1. The van der Waals surface area contributed by atoms with Crippen molar-refractivity contribution in [1.29, 1.82) is 0 Å². The molecule has 0 radical (unpaired) electrons. The van der Waals surface area contributed by atoms with Crippen LogP contribution in [0.2, 0.25) is 0 Å². The molecule has 2 heterocycles. The number of nitrogens with one attached hydrogen (secondary N) is 1. The van der Waals surface area contributed by atoms with Crippen molar-refractivity contribution in [3.05, 3.63) is 41.7 Å². The minimum Gasteiger partial charge on any atom is -0.441 e. The standard InChI is InChI=1S/C15H16N2OS/c1-2-16-8-7-15-17-9-13(18-15)12-10-19-14-6-4-3-5-11(12)14/h3-6,9-10,16H,2,7-8H2,1H3. The van der Waals surface area contributed by atoms with E-state index in [2.05, 4.69) is 46.9 Å². The van der Waals surface area contributed by atoms with E-state index in [0.717, 1.165) is 36.7 Å². The van der Waals surface area contributed by atoms with E-state index in [1.807, 2.05) is 6.20 Å². The van der Waals surface area contributed by atoms with E-state index in [-0.39, 0.29) is 0 Å². The number of rotatable bonds is 5. The zero-order chi connectivity index (χ0) is 13.1.